The third-order valence-electron chi connectivity index (χ3n) is 3.02. The molecule has 0 saturated heterocycles. The van der Waals surface area contributed by atoms with Crippen LogP contribution in [0, 0.1) is 5.92 Å². The Hall–Kier alpha value is -1.10. The molecule has 0 fully saturated rings. The van der Waals surface area contributed by atoms with E-state index in [1.165, 1.54) is 0 Å². The van der Waals surface area contributed by atoms with Crippen molar-refractivity contribution in [1.29, 1.82) is 0 Å². The lowest BCUT2D eigenvalue weighted by atomic mass is 10.0. The first-order chi connectivity index (χ1) is 9.52. The number of halogens is 1. The highest BCUT2D eigenvalue weighted by molar-refractivity contribution is 5.85. The quantitative estimate of drug-likeness (QED) is 0.775. The largest absolute Gasteiger partial charge is 0.377 e. The lowest BCUT2D eigenvalue weighted by molar-refractivity contribution is -0.122. The van der Waals surface area contributed by atoms with Crippen molar-refractivity contribution in [3.05, 3.63) is 35.4 Å². The maximum Gasteiger partial charge on any atom is 0.237 e. The first-order valence-corrected chi connectivity index (χ1v) is 7.21. The molecule has 0 aliphatic heterocycles. The van der Waals surface area contributed by atoms with Crippen molar-refractivity contribution < 1.29 is 9.53 Å². The molecule has 0 saturated carbocycles. The SMILES string of the molecule is CCOCc1ccc(CNC(=O)[C@@H](N)CC(C)C)cc1.Cl. The molecule has 0 aliphatic rings. The van der Waals surface area contributed by atoms with Crippen LogP contribution in [0.3, 0.4) is 0 Å². The van der Waals surface area contributed by atoms with E-state index in [2.05, 4.69) is 19.2 Å². The summed E-state index contributed by atoms with van der Waals surface area (Å²) in [7, 11) is 0. The highest BCUT2D eigenvalue weighted by Gasteiger charge is 2.14. The number of benzene rings is 1. The van der Waals surface area contributed by atoms with Crippen LogP contribution in [0.15, 0.2) is 24.3 Å². The molecule has 1 aromatic rings. The molecule has 5 heteroatoms. The molecule has 0 bridgehead atoms. The number of nitrogens with two attached hydrogens (primary N) is 1. The van der Waals surface area contributed by atoms with Crippen LogP contribution in [0.2, 0.25) is 0 Å². The van der Waals surface area contributed by atoms with Crippen molar-refractivity contribution >= 4 is 18.3 Å². The summed E-state index contributed by atoms with van der Waals surface area (Å²) in [5, 5.41) is 2.87. The molecule has 0 spiro atoms. The molecular weight excluding hydrogens is 288 g/mol. The van der Waals surface area contributed by atoms with Gasteiger partial charge in [0.05, 0.1) is 12.6 Å². The van der Waals surface area contributed by atoms with Crippen LogP contribution in [0.4, 0.5) is 0 Å². The first-order valence-electron chi connectivity index (χ1n) is 7.21. The Labute approximate surface area is 133 Å². The standard InChI is InChI=1S/C16H26N2O2.ClH/c1-4-20-11-14-7-5-13(6-8-14)10-18-16(19)15(17)9-12(2)3;/h5-8,12,15H,4,9-11,17H2,1-3H3,(H,18,19);1H/t15-;/m0./s1. The van der Waals surface area contributed by atoms with Crippen LogP contribution >= 0.6 is 12.4 Å². The predicted octanol–water partition coefficient (Wildman–Crippen LogP) is 2.63. The summed E-state index contributed by atoms with van der Waals surface area (Å²) < 4.78 is 5.34. The molecule has 0 unspecified atom stereocenters. The fourth-order valence-electron chi connectivity index (χ4n) is 1.91. The Morgan fingerprint density at radius 3 is 2.33 bits per heavy atom. The third-order valence-corrected chi connectivity index (χ3v) is 3.02. The molecule has 0 radical (unpaired) electrons. The third kappa shape index (κ3) is 8.05. The van der Waals surface area contributed by atoms with Crippen LogP contribution in [-0.4, -0.2) is 18.6 Å². The molecule has 0 aromatic heterocycles. The highest BCUT2D eigenvalue weighted by atomic mass is 35.5. The molecule has 120 valence electrons. The van der Waals surface area contributed by atoms with Crippen molar-refractivity contribution in [3.63, 3.8) is 0 Å². The Kier molecular flexibility index (Phi) is 10.0. The predicted molar refractivity (Wildman–Crippen MR) is 88.3 cm³/mol. The summed E-state index contributed by atoms with van der Waals surface area (Å²) >= 11 is 0. The van der Waals surface area contributed by atoms with Gasteiger partial charge in [0.1, 0.15) is 0 Å². The maximum absolute atomic E-state index is 11.8. The molecule has 0 heterocycles. The minimum Gasteiger partial charge on any atom is -0.377 e. The molecule has 21 heavy (non-hydrogen) atoms. The van der Waals surface area contributed by atoms with E-state index in [9.17, 15) is 4.79 Å². The summed E-state index contributed by atoms with van der Waals surface area (Å²) in [6, 6.07) is 7.62. The summed E-state index contributed by atoms with van der Waals surface area (Å²) in [5.74, 6) is 0.339. The van der Waals surface area contributed by atoms with E-state index in [4.69, 9.17) is 10.5 Å². The number of nitrogens with one attached hydrogen (secondary N) is 1. The van der Waals surface area contributed by atoms with Gasteiger partial charge in [-0.15, -0.1) is 12.4 Å². The number of amides is 1. The molecule has 0 aliphatic carbocycles. The van der Waals surface area contributed by atoms with Crippen LogP contribution in [0.5, 0.6) is 0 Å². The van der Waals surface area contributed by atoms with Crippen LogP contribution in [-0.2, 0) is 22.7 Å². The van der Waals surface area contributed by atoms with Gasteiger partial charge in [-0.3, -0.25) is 4.79 Å². The summed E-state index contributed by atoms with van der Waals surface area (Å²) in [6.07, 6.45) is 0.707. The summed E-state index contributed by atoms with van der Waals surface area (Å²) in [6.45, 7) is 7.95. The van der Waals surface area contributed by atoms with E-state index >= 15 is 0 Å². The minimum absolute atomic E-state index is 0. The number of ether oxygens (including phenoxy) is 1. The zero-order valence-corrected chi connectivity index (χ0v) is 13.9. The van der Waals surface area contributed by atoms with E-state index in [1.807, 2.05) is 31.2 Å². The Balaban J connectivity index is 0.00000400. The number of carbonyl (C=O) groups excluding carboxylic acids is 1. The lowest BCUT2D eigenvalue weighted by Crippen LogP contribution is -2.41. The monoisotopic (exact) mass is 314 g/mol. The minimum atomic E-state index is -0.424. The number of hydrogen-bond acceptors (Lipinski definition) is 3. The van der Waals surface area contributed by atoms with Gasteiger partial charge in [0.25, 0.3) is 0 Å². The molecule has 4 nitrogen and oxygen atoms in total. The number of hydrogen-bond donors (Lipinski definition) is 2. The zero-order chi connectivity index (χ0) is 15.0. The van der Waals surface area contributed by atoms with E-state index in [1.54, 1.807) is 0 Å². The molecule has 1 aromatic carbocycles. The van der Waals surface area contributed by atoms with Crippen molar-refractivity contribution in [2.24, 2.45) is 11.7 Å². The van der Waals surface area contributed by atoms with Crippen LogP contribution in [0.25, 0.3) is 0 Å². The van der Waals surface area contributed by atoms with Crippen molar-refractivity contribution in [3.8, 4) is 0 Å². The van der Waals surface area contributed by atoms with Gasteiger partial charge < -0.3 is 15.8 Å². The van der Waals surface area contributed by atoms with Crippen LogP contribution in [0.1, 0.15) is 38.3 Å². The second kappa shape index (κ2) is 10.6. The van der Waals surface area contributed by atoms with Gasteiger partial charge in [0.2, 0.25) is 5.91 Å². The smallest absolute Gasteiger partial charge is 0.237 e. The Morgan fingerprint density at radius 2 is 1.81 bits per heavy atom. The fourth-order valence-corrected chi connectivity index (χ4v) is 1.91. The normalized spacial score (nSPS) is 11.9. The summed E-state index contributed by atoms with van der Waals surface area (Å²) in [5.41, 5.74) is 8.04. The fraction of sp³-hybridized carbons (Fsp3) is 0.562. The topological polar surface area (TPSA) is 64.3 Å². The average molecular weight is 315 g/mol. The van der Waals surface area contributed by atoms with Gasteiger partial charge in [0, 0.05) is 13.2 Å². The second-order valence-electron chi connectivity index (χ2n) is 5.41. The van der Waals surface area contributed by atoms with Crippen molar-refractivity contribution in [2.75, 3.05) is 6.61 Å². The Morgan fingerprint density at radius 1 is 1.24 bits per heavy atom. The van der Waals surface area contributed by atoms with Gasteiger partial charge in [0.15, 0.2) is 0 Å². The van der Waals surface area contributed by atoms with E-state index in [0.29, 0.717) is 32.1 Å². The van der Waals surface area contributed by atoms with Gasteiger partial charge >= 0.3 is 0 Å². The van der Waals surface area contributed by atoms with E-state index in [0.717, 1.165) is 11.1 Å². The van der Waals surface area contributed by atoms with Gasteiger partial charge in [-0.25, -0.2) is 0 Å². The molecule has 1 rings (SSSR count). The molecule has 1 atom stereocenters. The molecule has 3 N–H and O–H groups in total. The van der Waals surface area contributed by atoms with Crippen molar-refractivity contribution in [1.82, 2.24) is 5.32 Å². The van der Waals surface area contributed by atoms with Gasteiger partial charge in [-0.2, -0.15) is 0 Å². The highest BCUT2D eigenvalue weighted by Crippen LogP contribution is 2.06. The number of rotatable bonds is 8. The second-order valence-corrected chi connectivity index (χ2v) is 5.41. The number of carbonyl (C=O) groups is 1. The molecule has 1 amide bonds. The Bertz CT molecular complexity index is 407. The van der Waals surface area contributed by atoms with E-state index < -0.39 is 6.04 Å². The zero-order valence-electron chi connectivity index (χ0n) is 13.1. The molecular formula is C16H27ClN2O2. The lowest BCUT2D eigenvalue weighted by Gasteiger charge is -2.14. The average Bonchev–Trinajstić information content (AvgIpc) is 2.42. The van der Waals surface area contributed by atoms with Gasteiger partial charge in [-0.1, -0.05) is 38.1 Å². The van der Waals surface area contributed by atoms with Crippen LogP contribution < -0.4 is 11.1 Å². The summed E-state index contributed by atoms with van der Waals surface area (Å²) in [4.78, 5) is 11.8. The van der Waals surface area contributed by atoms with Gasteiger partial charge in [-0.05, 0) is 30.4 Å². The van der Waals surface area contributed by atoms with Crippen molar-refractivity contribution in [2.45, 2.75) is 46.4 Å². The van der Waals surface area contributed by atoms with E-state index in [-0.39, 0.29) is 18.3 Å². The first kappa shape index (κ1) is 19.9. The maximum atomic E-state index is 11.8.